The maximum atomic E-state index is 11.6. The Labute approximate surface area is 95.0 Å². The van der Waals surface area contributed by atoms with Gasteiger partial charge in [0.25, 0.3) is 10.0 Å². The van der Waals surface area contributed by atoms with Crippen LogP contribution < -0.4 is 5.11 Å². The van der Waals surface area contributed by atoms with Gasteiger partial charge in [-0.15, -0.1) is 6.58 Å². The molecule has 0 aromatic heterocycles. The van der Waals surface area contributed by atoms with Gasteiger partial charge in [0.2, 0.25) is 0 Å². The highest BCUT2D eigenvalue weighted by molar-refractivity contribution is 7.90. The number of benzene rings is 1. The van der Waals surface area contributed by atoms with Crippen LogP contribution in [-0.2, 0) is 10.0 Å². The third kappa shape index (κ3) is 3.51. The fourth-order valence-electron chi connectivity index (χ4n) is 1.05. The van der Waals surface area contributed by atoms with Crippen LogP contribution >= 0.6 is 0 Å². The molecule has 0 atom stereocenters. The molecule has 0 aliphatic heterocycles. The van der Waals surface area contributed by atoms with E-state index in [0.29, 0.717) is 6.42 Å². The Balaban J connectivity index is 2.92. The lowest BCUT2D eigenvalue weighted by Gasteiger charge is -2.08. The SMILES string of the molecule is C=CCCC([O-])=NS(=O)(=O)c1ccccc1. The number of sulfonamides is 1. The van der Waals surface area contributed by atoms with Gasteiger partial charge < -0.3 is 5.11 Å². The lowest BCUT2D eigenvalue weighted by Crippen LogP contribution is -2.19. The molecule has 1 aromatic carbocycles. The van der Waals surface area contributed by atoms with Crippen molar-refractivity contribution in [3.05, 3.63) is 43.0 Å². The Morgan fingerprint density at radius 2 is 2.00 bits per heavy atom. The maximum Gasteiger partial charge on any atom is 0.281 e. The normalized spacial score (nSPS) is 12.4. The summed E-state index contributed by atoms with van der Waals surface area (Å²) in [6, 6.07) is 7.66. The molecule has 0 N–H and O–H groups in total. The molecule has 1 rings (SSSR count). The van der Waals surface area contributed by atoms with Crippen molar-refractivity contribution in [1.29, 1.82) is 0 Å². The molecule has 16 heavy (non-hydrogen) atoms. The summed E-state index contributed by atoms with van der Waals surface area (Å²) in [7, 11) is -3.85. The standard InChI is InChI=1S/C11H13NO3S/c1-2-3-9-11(13)12-16(14,15)10-7-5-4-6-8-10/h2,4-8H,1,3,9H2,(H,12,13)/p-1. The zero-order chi connectivity index (χ0) is 12.0. The van der Waals surface area contributed by atoms with Crippen molar-refractivity contribution in [3.63, 3.8) is 0 Å². The van der Waals surface area contributed by atoms with Crippen molar-refractivity contribution in [1.82, 2.24) is 0 Å². The highest BCUT2D eigenvalue weighted by Gasteiger charge is 2.10. The zero-order valence-corrected chi connectivity index (χ0v) is 9.48. The molecule has 0 saturated heterocycles. The van der Waals surface area contributed by atoms with Gasteiger partial charge in [-0.2, -0.15) is 12.8 Å². The van der Waals surface area contributed by atoms with Crippen LogP contribution in [0.2, 0.25) is 0 Å². The van der Waals surface area contributed by atoms with Gasteiger partial charge in [0.1, 0.15) is 0 Å². The largest absolute Gasteiger partial charge is 0.861 e. The second kappa shape index (κ2) is 5.46. The van der Waals surface area contributed by atoms with Crippen molar-refractivity contribution >= 4 is 15.9 Å². The number of rotatable bonds is 5. The predicted molar refractivity (Wildman–Crippen MR) is 60.5 cm³/mol. The van der Waals surface area contributed by atoms with E-state index >= 15 is 0 Å². The summed E-state index contributed by atoms with van der Waals surface area (Å²) >= 11 is 0. The second-order valence-corrected chi connectivity index (χ2v) is 4.70. The summed E-state index contributed by atoms with van der Waals surface area (Å²) in [4.78, 5) is 0.0296. The molecule has 0 spiro atoms. The summed E-state index contributed by atoms with van der Waals surface area (Å²) in [5, 5.41) is 11.2. The lowest BCUT2D eigenvalue weighted by atomic mass is 10.3. The van der Waals surface area contributed by atoms with E-state index in [9.17, 15) is 13.5 Å². The summed E-state index contributed by atoms with van der Waals surface area (Å²) in [6.45, 7) is 3.44. The highest BCUT2D eigenvalue weighted by Crippen LogP contribution is 2.11. The maximum absolute atomic E-state index is 11.6. The van der Waals surface area contributed by atoms with Gasteiger partial charge in [-0.3, -0.25) is 0 Å². The second-order valence-electron chi connectivity index (χ2n) is 3.10. The predicted octanol–water partition coefficient (Wildman–Crippen LogP) is 1.10. The van der Waals surface area contributed by atoms with Crippen molar-refractivity contribution in [2.45, 2.75) is 17.7 Å². The zero-order valence-electron chi connectivity index (χ0n) is 8.67. The topological polar surface area (TPSA) is 69.6 Å². The van der Waals surface area contributed by atoms with Crippen LogP contribution in [0.4, 0.5) is 0 Å². The molecule has 4 nitrogen and oxygen atoms in total. The lowest BCUT2D eigenvalue weighted by molar-refractivity contribution is -0.218. The average Bonchev–Trinajstić information content (AvgIpc) is 2.27. The summed E-state index contributed by atoms with van der Waals surface area (Å²) in [5.74, 6) is -0.649. The van der Waals surface area contributed by atoms with Crippen molar-refractivity contribution in [2.24, 2.45) is 4.40 Å². The van der Waals surface area contributed by atoms with E-state index in [2.05, 4.69) is 11.0 Å². The molecule has 0 bridgehead atoms. The molecule has 0 saturated carbocycles. The van der Waals surface area contributed by atoms with Crippen molar-refractivity contribution in [3.8, 4) is 0 Å². The van der Waals surface area contributed by atoms with E-state index < -0.39 is 15.9 Å². The molecule has 0 unspecified atom stereocenters. The number of nitrogens with zero attached hydrogens (tertiary/aromatic N) is 1. The van der Waals surface area contributed by atoms with Crippen LogP contribution in [0, 0.1) is 0 Å². The number of hydrogen-bond acceptors (Lipinski definition) is 3. The third-order valence-corrected chi connectivity index (χ3v) is 3.14. The molecule has 5 heteroatoms. The van der Waals surface area contributed by atoms with Crippen molar-refractivity contribution in [2.75, 3.05) is 0 Å². The quantitative estimate of drug-likeness (QED) is 0.438. The summed E-state index contributed by atoms with van der Waals surface area (Å²) in [5.41, 5.74) is 0. The Hall–Kier alpha value is -1.62. The van der Waals surface area contributed by atoms with Gasteiger partial charge in [-0.25, -0.2) is 0 Å². The monoisotopic (exact) mass is 238 g/mol. The first-order valence-corrected chi connectivity index (χ1v) is 6.17. The fraction of sp³-hybridized carbons (Fsp3) is 0.182. The van der Waals surface area contributed by atoms with Gasteiger partial charge in [0, 0.05) is 0 Å². The molecule has 0 fully saturated rings. The van der Waals surface area contributed by atoms with Crippen LogP contribution in [0.5, 0.6) is 0 Å². The van der Waals surface area contributed by atoms with Crippen LogP contribution in [0.1, 0.15) is 12.8 Å². The van der Waals surface area contributed by atoms with Gasteiger partial charge >= 0.3 is 0 Å². The number of hydrogen-bond donors (Lipinski definition) is 0. The minimum Gasteiger partial charge on any atom is -0.861 e. The molecular weight excluding hydrogens is 226 g/mol. The minimum atomic E-state index is -3.85. The van der Waals surface area contributed by atoms with Gasteiger partial charge in [-0.05, 0) is 30.9 Å². The van der Waals surface area contributed by atoms with E-state index in [1.807, 2.05) is 0 Å². The van der Waals surface area contributed by atoms with E-state index in [1.54, 1.807) is 24.3 Å². The van der Waals surface area contributed by atoms with Gasteiger partial charge in [0.15, 0.2) is 0 Å². The Morgan fingerprint density at radius 3 is 2.56 bits per heavy atom. The molecule has 0 aliphatic rings. The van der Waals surface area contributed by atoms with E-state index in [-0.39, 0.29) is 11.3 Å². The van der Waals surface area contributed by atoms with Crippen LogP contribution in [0.3, 0.4) is 0 Å². The molecular formula is C11H12NO3S-. The van der Waals surface area contributed by atoms with Gasteiger partial charge in [0.05, 0.1) is 4.90 Å². The Morgan fingerprint density at radius 1 is 1.38 bits per heavy atom. The van der Waals surface area contributed by atoms with Crippen LogP contribution in [0.25, 0.3) is 0 Å². The molecule has 1 aromatic rings. The third-order valence-electron chi connectivity index (χ3n) is 1.83. The molecule has 0 heterocycles. The van der Waals surface area contributed by atoms with Crippen LogP contribution in [0.15, 0.2) is 52.3 Å². The number of allylic oxidation sites excluding steroid dienone is 1. The fourth-order valence-corrected chi connectivity index (χ4v) is 2.02. The Bertz CT molecular complexity index is 477. The molecule has 0 aliphatic carbocycles. The first kappa shape index (κ1) is 12.4. The van der Waals surface area contributed by atoms with E-state index in [1.165, 1.54) is 12.1 Å². The molecule has 0 radical (unpaired) electrons. The summed E-state index contributed by atoms with van der Waals surface area (Å²) in [6.07, 6.45) is 2.03. The van der Waals surface area contributed by atoms with E-state index in [4.69, 9.17) is 0 Å². The molecule has 0 amide bonds. The minimum absolute atomic E-state index is 0.0296. The first-order valence-electron chi connectivity index (χ1n) is 4.73. The summed E-state index contributed by atoms with van der Waals surface area (Å²) < 4.78 is 26.4. The van der Waals surface area contributed by atoms with Gasteiger partial charge in [-0.1, -0.05) is 24.3 Å². The molecule has 86 valence electrons. The smallest absolute Gasteiger partial charge is 0.281 e. The Kier molecular flexibility index (Phi) is 4.25. The van der Waals surface area contributed by atoms with E-state index in [0.717, 1.165) is 0 Å². The highest BCUT2D eigenvalue weighted by atomic mass is 32.2. The average molecular weight is 238 g/mol. The van der Waals surface area contributed by atoms with Crippen LogP contribution in [-0.4, -0.2) is 14.3 Å². The van der Waals surface area contributed by atoms with Crippen molar-refractivity contribution < 1.29 is 13.5 Å². The first-order chi connectivity index (χ1) is 7.56.